The first-order chi connectivity index (χ1) is 10.1. The van der Waals surface area contributed by atoms with Gasteiger partial charge in [-0.25, -0.2) is 0 Å². The van der Waals surface area contributed by atoms with Crippen molar-refractivity contribution >= 4 is 15.9 Å². The molecule has 2 N–H and O–H groups in total. The van der Waals surface area contributed by atoms with Crippen LogP contribution in [-0.4, -0.2) is 16.2 Å². The Morgan fingerprint density at radius 2 is 2.29 bits per heavy atom. The number of halogens is 1. The van der Waals surface area contributed by atoms with E-state index < -0.39 is 0 Å². The van der Waals surface area contributed by atoms with Crippen LogP contribution in [0.3, 0.4) is 0 Å². The van der Waals surface area contributed by atoms with Crippen LogP contribution in [0, 0.1) is 0 Å². The van der Waals surface area contributed by atoms with Gasteiger partial charge in [0.05, 0.1) is 5.41 Å². The third-order valence-electron chi connectivity index (χ3n) is 4.49. The Bertz CT molecular complexity index is 627. The first-order valence-electron chi connectivity index (χ1n) is 7.41. The van der Waals surface area contributed by atoms with E-state index >= 15 is 0 Å². The Hall–Kier alpha value is -1.20. The molecule has 0 aliphatic heterocycles. The second-order valence-corrected chi connectivity index (χ2v) is 7.01. The van der Waals surface area contributed by atoms with Crippen LogP contribution in [-0.2, 0) is 11.8 Å². The van der Waals surface area contributed by atoms with Gasteiger partial charge in [-0.1, -0.05) is 46.1 Å². The molecule has 3 rings (SSSR count). The third kappa shape index (κ3) is 3.04. The maximum Gasteiger partial charge on any atom is 0.234 e. The number of aromatic nitrogens is 2. The van der Waals surface area contributed by atoms with Gasteiger partial charge in [0.25, 0.3) is 0 Å². The van der Waals surface area contributed by atoms with E-state index in [0.717, 1.165) is 28.7 Å². The fourth-order valence-corrected chi connectivity index (χ4v) is 3.46. The largest absolute Gasteiger partial charge is 0.339 e. The van der Waals surface area contributed by atoms with Crippen LogP contribution in [0.25, 0.3) is 0 Å². The van der Waals surface area contributed by atoms with Gasteiger partial charge in [0.2, 0.25) is 5.89 Å². The molecule has 1 aliphatic carbocycles. The number of nitrogens with zero attached hydrogens (tertiary/aromatic N) is 2. The average molecular weight is 350 g/mol. The molecule has 0 spiro atoms. The van der Waals surface area contributed by atoms with Gasteiger partial charge in [-0.15, -0.1) is 0 Å². The maximum atomic E-state index is 6.29. The first-order valence-corrected chi connectivity index (χ1v) is 8.20. The summed E-state index contributed by atoms with van der Waals surface area (Å²) in [6.07, 6.45) is 5.09. The van der Waals surface area contributed by atoms with E-state index in [1.165, 1.54) is 12.8 Å². The van der Waals surface area contributed by atoms with Gasteiger partial charge < -0.3 is 10.3 Å². The number of rotatable bonds is 3. The minimum Gasteiger partial charge on any atom is -0.339 e. The summed E-state index contributed by atoms with van der Waals surface area (Å²) in [5.41, 5.74) is 7.28. The Labute approximate surface area is 133 Å². The lowest BCUT2D eigenvalue weighted by Crippen LogP contribution is -2.45. The lowest BCUT2D eigenvalue weighted by molar-refractivity contribution is 0.203. The van der Waals surface area contributed by atoms with Crippen LogP contribution in [0.15, 0.2) is 33.3 Å². The monoisotopic (exact) mass is 349 g/mol. The lowest BCUT2D eigenvalue weighted by atomic mass is 9.72. The average Bonchev–Trinajstić information content (AvgIpc) is 2.91. The third-order valence-corrected chi connectivity index (χ3v) is 4.98. The highest BCUT2D eigenvalue weighted by Gasteiger charge is 2.40. The molecule has 1 aliphatic rings. The van der Waals surface area contributed by atoms with Crippen molar-refractivity contribution in [3.63, 3.8) is 0 Å². The Kier molecular flexibility index (Phi) is 4.13. The molecule has 21 heavy (non-hydrogen) atoms. The fraction of sp³-hybridized carbons (Fsp3) is 0.500. The van der Waals surface area contributed by atoms with Crippen LogP contribution in [0.2, 0.25) is 0 Å². The minimum absolute atomic E-state index is 0.102. The van der Waals surface area contributed by atoms with Gasteiger partial charge in [0, 0.05) is 16.9 Å². The SMILES string of the molecule is CC1(c2nc(Cc3cccc(Br)c3)no2)CCCCC1N. The molecule has 4 nitrogen and oxygen atoms in total. The summed E-state index contributed by atoms with van der Waals surface area (Å²) in [5.74, 6) is 1.42. The van der Waals surface area contributed by atoms with E-state index in [2.05, 4.69) is 45.1 Å². The Balaban J connectivity index is 1.80. The molecular weight excluding hydrogens is 330 g/mol. The molecule has 1 aromatic carbocycles. The van der Waals surface area contributed by atoms with E-state index in [4.69, 9.17) is 10.3 Å². The molecule has 5 heteroatoms. The summed E-state index contributed by atoms with van der Waals surface area (Å²) < 4.78 is 6.59. The van der Waals surface area contributed by atoms with Crippen molar-refractivity contribution in [2.75, 3.05) is 0 Å². The van der Waals surface area contributed by atoms with E-state index in [1.54, 1.807) is 0 Å². The predicted octanol–water partition coefficient (Wildman–Crippen LogP) is 3.58. The zero-order valence-electron chi connectivity index (χ0n) is 12.2. The molecule has 1 heterocycles. The highest BCUT2D eigenvalue weighted by atomic mass is 79.9. The van der Waals surface area contributed by atoms with Crippen molar-refractivity contribution in [2.24, 2.45) is 5.73 Å². The van der Waals surface area contributed by atoms with Crippen LogP contribution < -0.4 is 5.73 Å². The molecule has 2 atom stereocenters. The van der Waals surface area contributed by atoms with Crippen molar-refractivity contribution in [1.82, 2.24) is 10.1 Å². The molecule has 0 saturated heterocycles. The van der Waals surface area contributed by atoms with Crippen LogP contribution >= 0.6 is 15.9 Å². The highest BCUT2D eigenvalue weighted by molar-refractivity contribution is 9.10. The molecule has 112 valence electrons. The summed E-state index contributed by atoms with van der Waals surface area (Å²) in [6.45, 7) is 2.15. The molecule has 2 aromatic rings. The molecule has 0 radical (unpaired) electrons. The van der Waals surface area contributed by atoms with Crippen molar-refractivity contribution in [3.05, 3.63) is 46.0 Å². The van der Waals surface area contributed by atoms with Gasteiger partial charge in [-0.3, -0.25) is 0 Å². The van der Waals surface area contributed by atoms with Crippen molar-refractivity contribution in [2.45, 2.75) is 50.5 Å². The van der Waals surface area contributed by atoms with E-state index in [1.807, 2.05) is 12.1 Å². The molecule has 2 unspecified atom stereocenters. The number of benzene rings is 1. The van der Waals surface area contributed by atoms with Gasteiger partial charge in [-0.2, -0.15) is 4.98 Å². The standard InChI is InChI=1S/C16H20BrN3O/c1-16(8-3-2-7-13(16)18)15-19-14(20-21-15)10-11-5-4-6-12(17)9-11/h4-6,9,13H,2-3,7-8,10,18H2,1H3. The van der Waals surface area contributed by atoms with Crippen LogP contribution in [0.5, 0.6) is 0 Å². The maximum absolute atomic E-state index is 6.29. The van der Waals surface area contributed by atoms with Crippen molar-refractivity contribution in [3.8, 4) is 0 Å². The number of nitrogens with two attached hydrogens (primary N) is 1. The summed E-state index contributed by atoms with van der Waals surface area (Å²) in [4.78, 5) is 4.61. The predicted molar refractivity (Wildman–Crippen MR) is 85.0 cm³/mol. The van der Waals surface area contributed by atoms with Gasteiger partial charge in [0.15, 0.2) is 5.82 Å². The molecule has 1 saturated carbocycles. The zero-order chi connectivity index (χ0) is 14.9. The smallest absolute Gasteiger partial charge is 0.234 e. The fourth-order valence-electron chi connectivity index (χ4n) is 3.01. The van der Waals surface area contributed by atoms with Gasteiger partial charge >= 0.3 is 0 Å². The molecule has 1 aromatic heterocycles. The van der Waals surface area contributed by atoms with Crippen molar-refractivity contribution in [1.29, 1.82) is 0 Å². The normalized spacial score (nSPS) is 26.0. The van der Waals surface area contributed by atoms with Crippen LogP contribution in [0.4, 0.5) is 0 Å². The van der Waals surface area contributed by atoms with Gasteiger partial charge in [-0.05, 0) is 37.5 Å². The second-order valence-electron chi connectivity index (χ2n) is 6.09. The molecular formula is C16H20BrN3O. The lowest BCUT2D eigenvalue weighted by Gasteiger charge is -2.35. The molecule has 0 amide bonds. The van der Waals surface area contributed by atoms with E-state index in [9.17, 15) is 0 Å². The topological polar surface area (TPSA) is 64.9 Å². The second kappa shape index (κ2) is 5.89. The minimum atomic E-state index is -0.180. The van der Waals surface area contributed by atoms with E-state index in [-0.39, 0.29) is 11.5 Å². The number of hydrogen-bond donors (Lipinski definition) is 1. The number of hydrogen-bond acceptors (Lipinski definition) is 4. The summed E-state index contributed by atoms with van der Waals surface area (Å²) in [5, 5.41) is 4.14. The van der Waals surface area contributed by atoms with Gasteiger partial charge in [0.1, 0.15) is 0 Å². The van der Waals surface area contributed by atoms with E-state index in [0.29, 0.717) is 12.3 Å². The quantitative estimate of drug-likeness (QED) is 0.919. The van der Waals surface area contributed by atoms with Crippen LogP contribution in [0.1, 0.15) is 49.9 Å². The molecule has 0 bridgehead atoms. The van der Waals surface area contributed by atoms with Crippen molar-refractivity contribution < 1.29 is 4.52 Å². The molecule has 1 fully saturated rings. The summed E-state index contributed by atoms with van der Waals surface area (Å²) in [6, 6.07) is 8.26. The summed E-state index contributed by atoms with van der Waals surface area (Å²) in [7, 11) is 0. The highest BCUT2D eigenvalue weighted by Crippen LogP contribution is 2.37. The Morgan fingerprint density at radius 1 is 1.43 bits per heavy atom. The zero-order valence-corrected chi connectivity index (χ0v) is 13.8. The summed E-state index contributed by atoms with van der Waals surface area (Å²) >= 11 is 3.48. The first kappa shape index (κ1) is 14.7. The Morgan fingerprint density at radius 3 is 3.05 bits per heavy atom.